The van der Waals surface area contributed by atoms with Crippen LogP contribution in [-0.2, 0) is 4.79 Å². The van der Waals surface area contributed by atoms with Crippen LogP contribution in [0.4, 0.5) is 0 Å². The molecule has 2 atom stereocenters. The molecule has 2 heterocycles. The average molecular weight is 318 g/mol. The maximum absolute atomic E-state index is 12.6. The van der Waals surface area contributed by atoms with Crippen LogP contribution in [0, 0.1) is 11.8 Å². The predicted octanol–water partition coefficient (Wildman–Crippen LogP) is 2.20. The molecule has 1 aromatic heterocycles. The standard InChI is InChI=1S/C17H22N2O4/c1-11-10-19(8-6-14(11)17(21)22)16(20)12-5-7-18-15(9-12)23-13-3-2-4-13/h5,7,9,11,13-14H,2-4,6,8,10H2,1H3,(H,21,22). The van der Waals surface area contributed by atoms with Crippen LogP contribution in [0.5, 0.6) is 5.88 Å². The number of nitrogens with zero attached hydrogens (tertiary/aromatic N) is 2. The second kappa shape index (κ2) is 6.56. The highest BCUT2D eigenvalue weighted by molar-refractivity contribution is 5.94. The average Bonchev–Trinajstić information content (AvgIpc) is 2.50. The van der Waals surface area contributed by atoms with Gasteiger partial charge >= 0.3 is 5.97 Å². The third-order valence-electron chi connectivity index (χ3n) is 4.83. The molecule has 0 spiro atoms. The summed E-state index contributed by atoms with van der Waals surface area (Å²) in [5.74, 6) is -0.771. The van der Waals surface area contributed by atoms with Crippen molar-refractivity contribution >= 4 is 11.9 Å². The van der Waals surface area contributed by atoms with Crippen LogP contribution in [0.15, 0.2) is 18.3 Å². The van der Waals surface area contributed by atoms with Gasteiger partial charge in [0.2, 0.25) is 5.88 Å². The molecule has 124 valence electrons. The van der Waals surface area contributed by atoms with Crippen LogP contribution in [0.2, 0.25) is 0 Å². The highest BCUT2D eigenvalue weighted by atomic mass is 16.5. The molecule has 1 aliphatic heterocycles. The Morgan fingerprint density at radius 3 is 2.74 bits per heavy atom. The second-order valence-electron chi connectivity index (χ2n) is 6.52. The van der Waals surface area contributed by atoms with Gasteiger partial charge in [-0.15, -0.1) is 0 Å². The van der Waals surface area contributed by atoms with Crippen molar-refractivity contribution in [2.75, 3.05) is 13.1 Å². The lowest BCUT2D eigenvalue weighted by Crippen LogP contribution is -2.45. The van der Waals surface area contributed by atoms with Crippen molar-refractivity contribution in [2.24, 2.45) is 11.8 Å². The molecule has 3 rings (SSSR count). The number of carbonyl (C=O) groups is 2. The van der Waals surface area contributed by atoms with Crippen molar-refractivity contribution in [1.82, 2.24) is 9.88 Å². The maximum Gasteiger partial charge on any atom is 0.306 e. The normalized spacial score (nSPS) is 24.8. The first-order valence-corrected chi connectivity index (χ1v) is 8.19. The van der Waals surface area contributed by atoms with Crippen molar-refractivity contribution < 1.29 is 19.4 Å². The van der Waals surface area contributed by atoms with Gasteiger partial charge in [0.15, 0.2) is 0 Å². The van der Waals surface area contributed by atoms with Crippen molar-refractivity contribution in [3.8, 4) is 5.88 Å². The van der Waals surface area contributed by atoms with Crippen molar-refractivity contribution in [3.63, 3.8) is 0 Å². The van der Waals surface area contributed by atoms with E-state index in [2.05, 4.69) is 4.98 Å². The maximum atomic E-state index is 12.6. The zero-order valence-corrected chi connectivity index (χ0v) is 13.3. The van der Waals surface area contributed by atoms with Gasteiger partial charge in [-0.2, -0.15) is 0 Å². The van der Waals surface area contributed by atoms with Crippen LogP contribution in [0.1, 0.15) is 43.0 Å². The monoisotopic (exact) mass is 318 g/mol. The fraction of sp³-hybridized carbons (Fsp3) is 0.588. The summed E-state index contributed by atoms with van der Waals surface area (Å²) in [6.07, 6.45) is 5.58. The summed E-state index contributed by atoms with van der Waals surface area (Å²) >= 11 is 0. The van der Waals surface area contributed by atoms with Gasteiger partial charge in [-0.1, -0.05) is 6.92 Å². The van der Waals surface area contributed by atoms with E-state index in [4.69, 9.17) is 4.74 Å². The van der Waals surface area contributed by atoms with Gasteiger partial charge in [0.25, 0.3) is 5.91 Å². The molecule has 1 aromatic rings. The van der Waals surface area contributed by atoms with Crippen LogP contribution in [-0.4, -0.2) is 46.1 Å². The molecule has 6 nitrogen and oxygen atoms in total. The summed E-state index contributed by atoms with van der Waals surface area (Å²) in [6, 6.07) is 3.37. The number of pyridine rings is 1. The van der Waals surface area contributed by atoms with E-state index in [0.717, 1.165) is 12.8 Å². The number of carboxylic acids is 1. The largest absolute Gasteiger partial charge is 0.481 e. The fourth-order valence-electron chi connectivity index (χ4n) is 3.15. The smallest absolute Gasteiger partial charge is 0.306 e. The lowest BCUT2D eigenvalue weighted by atomic mass is 9.87. The molecule has 1 saturated carbocycles. The minimum atomic E-state index is -0.773. The molecular formula is C17H22N2O4. The van der Waals surface area contributed by atoms with Gasteiger partial charge in [0.05, 0.1) is 5.92 Å². The molecule has 2 unspecified atom stereocenters. The summed E-state index contributed by atoms with van der Waals surface area (Å²) in [6.45, 7) is 2.83. The van der Waals surface area contributed by atoms with Crippen molar-refractivity contribution in [3.05, 3.63) is 23.9 Å². The van der Waals surface area contributed by atoms with E-state index in [0.29, 0.717) is 31.0 Å². The van der Waals surface area contributed by atoms with Gasteiger partial charge in [0.1, 0.15) is 6.10 Å². The number of likely N-dealkylation sites (tertiary alicyclic amines) is 1. The molecule has 1 aliphatic carbocycles. The molecule has 2 fully saturated rings. The number of hydrogen-bond donors (Lipinski definition) is 1. The Kier molecular flexibility index (Phi) is 4.50. The molecule has 2 aliphatic rings. The number of hydrogen-bond acceptors (Lipinski definition) is 4. The fourth-order valence-corrected chi connectivity index (χ4v) is 3.15. The molecule has 0 bridgehead atoms. The predicted molar refractivity (Wildman–Crippen MR) is 83.3 cm³/mol. The summed E-state index contributed by atoms with van der Waals surface area (Å²) in [4.78, 5) is 29.7. The second-order valence-corrected chi connectivity index (χ2v) is 6.52. The Bertz CT molecular complexity index is 600. The van der Waals surface area contributed by atoms with E-state index in [1.165, 1.54) is 6.42 Å². The summed E-state index contributed by atoms with van der Waals surface area (Å²) in [7, 11) is 0. The lowest BCUT2D eigenvalue weighted by molar-refractivity contribution is -0.145. The minimum absolute atomic E-state index is 0.0438. The first-order chi connectivity index (χ1) is 11.0. The van der Waals surface area contributed by atoms with Gasteiger partial charge in [0, 0.05) is 30.9 Å². The van der Waals surface area contributed by atoms with Crippen molar-refractivity contribution in [1.29, 1.82) is 0 Å². The van der Waals surface area contributed by atoms with E-state index in [1.807, 2.05) is 6.92 Å². The zero-order chi connectivity index (χ0) is 16.4. The summed E-state index contributed by atoms with van der Waals surface area (Å²) < 4.78 is 5.74. The number of aromatic nitrogens is 1. The minimum Gasteiger partial charge on any atom is -0.481 e. The van der Waals surface area contributed by atoms with Gasteiger partial charge in [-0.05, 0) is 37.7 Å². The van der Waals surface area contributed by atoms with Gasteiger partial charge < -0.3 is 14.7 Å². The number of ether oxygens (including phenoxy) is 1. The number of aliphatic carboxylic acids is 1. The van der Waals surface area contributed by atoms with Crippen LogP contribution < -0.4 is 4.74 Å². The first-order valence-electron chi connectivity index (χ1n) is 8.19. The topological polar surface area (TPSA) is 79.7 Å². The number of carbonyl (C=O) groups excluding carboxylic acids is 1. The Morgan fingerprint density at radius 2 is 2.13 bits per heavy atom. The van der Waals surface area contributed by atoms with E-state index < -0.39 is 5.97 Å². The first kappa shape index (κ1) is 15.8. The molecule has 23 heavy (non-hydrogen) atoms. The number of amides is 1. The Labute approximate surface area is 135 Å². The summed E-state index contributed by atoms with van der Waals surface area (Å²) in [5.41, 5.74) is 0.551. The van der Waals surface area contributed by atoms with Crippen LogP contribution in [0.25, 0.3) is 0 Å². The van der Waals surface area contributed by atoms with Gasteiger partial charge in [-0.25, -0.2) is 4.98 Å². The molecule has 0 radical (unpaired) electrons. The molecular weight excluding hydrogens is 296 g/mol. The SMILES string of the molecule is CC1CN(C(=O)c2ccnc(OC3CCC3)c2)CCC1C(=O)O. The highest BCUT2D eigenvalue weighted by Crippen LogP contribution is 2.26. The molecule has 1 N–H and O–H groups in total. The van der Waals surface area contributed by atoms with E-state index >= 15 is 0 Å². The van der Waals surface area contributed by atoms with Crippen LogP contribution >= 0.6 is 0 Å². The Morgan fingerprint density at radius 1 is 1.35 bits per heavy atom. The third-order valence-corrected chi connectivity index (χ3v) is 4.83. The molecule has 1 amide bonds. The number of piperidine rings is 1. The quantitative estimate of drug-likeness (QED) is 0.920. The molecule has 1 saturated heterocycles. The third kappa shape index (κ3) is 3.46. The summed E-state index contributed by atoms with van der Waals surface area (Å²) in [5, 5.41) is 9.17. The highest BCUT2D eigenvalue weighted by Gasteiger charge is 2.33. The molecule has 6 heteroatoms. The van der Waals surface area contributed by atoms with E-state index in [9.17, 15) is 14.7 Å². The van der Waals surface area contributed by atoms with Gasteiger partial charge in [-0.3, -0.25) is 9.59 Å². The van der Waals surface area contributed by atoms with Crippen molar-refractivity contribution in [2.45, 2.75) is 38.7 Å². The Balaban J connectivity index is 1.66. The van der Waals surface area contributed by atoms with E-state index in [1.54, 1.807) is 23.2 Å². The Hall–Kier alpha value is -2.11. The molecule has 0 aromatic carbocycles. The lowest BCUT2D eigenvalue weighted by Gasteiger charge is -2.35. The zero-order valence-electron chi connectivity index (χ0n) is 13.3. The number of carboxylic acid groups (broad SMARTS) is 1. The van der Waals surface area contributed by atoms with E-state index in [-0.39, 0.29) is 23.8 Å². The van der Waals surface area contributed by atoms with Crippen LogP contribution in [0.3, 0.4) is 0 Å². The number of rotatable bonds is 4.